The number of aryl methyl sites for hydroxylation is 2. The molecule has 4 N–H and O–H groups in total. The van der Waals surface area contributed by atoms with Crippen molar-refractivity contribution in [3.8, 4) is 16.9 Å². The van der Waals surface area contributed by atoms with Gasteiger partial charge in [-0.3, -0.25) is 0 Å². The molecule has 0 bridgehead atoms. The van der Waals surface area contributed by atoms with Crippen LogP contribution in [0.1, 0.15) is 29.2 Å². The van der Waals surface area contributed by atoms with Crippen LogP contribution in [0.4, 0.5) is 0 Å². The molecule has 0 fully saturated rings. The van der Waals surface area contributed by atoms with Crippen molar-refractivity contribution in [1.29, 1.82) is 0 Å². The van der Waals surface area contributed by atoms with Crippen LogP contribution in [-0.2, 0) is 5.66 Å². The normalized spacial score (nSPS) is 18.3. The summed E-state index contributed by atoms with van der Waals surface area (Å²) in [5.74, 6) is 1.53. The summed E-state index contributed by atoms with van der Waals surface area (Å²) in [6, 6.07) is 12.6. The zero-order valence-electron chi connectivity index (χ0n) is 17.1. The predicted octanol–water partition coefficient (Wildman–Crippen LogP) is 3.31. The van der Waals surface area contributed by atoms with Crippen LogP contribution < -0.4 is 21.1 Å². The van der Waals surface area contributed by atoms with E-state index in [1.165, 1.54) is 6.33 Å². The van der Waals surface area contributed by atoms with E-state index in [1.807, 2.05) is 25.4 Å². The molecule has 0 saturated carbocycles. The number of hydrogen-bond acceptors (Lipinski definition) is 6. The predicted molar refractivity (Wildman–Crippen MR) is 114 cm³/mol. The smallest absolute Gasteiger partial charge is 0.162 e. The molecule has 0 radical (unpaired) electrons. The lowest BCUT2D eigenvalue weighted by atomic mass is 9.87. The van der Waals surface area contributed by atoms with Crippen molar-refractivity contribution >= 4 is 0 Å². The minimum Gasteiger partial charge on any atom is -0.496 e. The molecule has 29 heavy (non-hydrogen) atoms. The molecule has 6 heteroatoms. The van der Waals surface area contributed by atoms with Crippen LogP contribution >= 0.6 is 0 Å². The van der Waals surface area contributed by atoms with Crippen molar-refractivity contribution in [2.75, 3.05) is 7.11 Å². The second-order valence-corrected chi connectivity index (χ2v) is 7.39. The third-order valence-corrected chi connectivity index (χ3v) is 5.39. The Labute approximate surface area is 170 Å². The first-order chi connectivity index (χ1) is 13.9. The van der Waals surface area contributed by atoms with E-state index in [4.69, 9.17) is 10.5 Å². The van der Waals surface area contributed by atoms with Crippen molar-refractivity contribution in [2.45, 2.75) is 26.4 Å². The molecular weight excluding hydrogens is 362 g/mol. The first-order valence-corrected chi connectivity index (χ1v) is 9.49. The maximum absolute atomic E-state index is 6.27. The number of allylic oxidation sites excluding steroid dienone is 1. The highest BCUT2D eigenvalue weighted by Gasteiger charge is 2.40. The topological polar surface area (TPSA) is 85.1 Å². The van der Waals surface area contributed by atoms with Gasteiger partial charge in [-0.15, -0.1) is 0 Å². The molecule has 2 heterocycles. The summed E-state index contributed by atoms with van der Waals surface area (Å²) < 4.78 is 5.56. The molecule has 2 aromatic carbocycles. The molecule has 0 spiro atoms. The number of benzene rings is 2. The molecule has 1 atom stereocenters. The van der Waals surface area contributed by atoms with Gasteiger partial charge in [0.05, 0.1) is 12.8 Å². The average Bonchev–Trinajstić information content (AvgIpc) is 3.04. The number of aromatic nitrogens is 2. The molecule has 148 valence electrons. The summed E-state index contributed by atoms with van der Waals surface area (Å²) in [5, 5.41) is 7.09. The molecule has 4 rings (SSSR count). The zero-order chi connectivity index (χ0) is 20.6. The minimum absolute atomic E-state index is 0.629. The molecule has 1 aromatic heterocycles. The van der Waals surface area contributed by atoms with Crippen LogP contribution in [0.5, 0.6) is 5.75 Å². The van der Waals surface area contributed by atoms with Gasteiger partial charge >= 0.3 is 0 Å². The van der Waals surface area contributed by atoms with E-state index in [2.05, 4.69) is 64.8 Å². The molecule has 0 aliphatic carbocycles. The van der Waals surface area contributed by atoms with Crippen LogP contribution in [0.15, 0.2) is 66.6 Å². The van der Waals surface area contributed by atoms with Gasteiger partial charge in [-0.1, -0.05) is 18.2 Å². The van der Waals surface area contributed by atoms with Crippen molar-refractivity contribution in [1.82, 2.24) is 20.6 Å². The fourth-order valence-corrected chi connectivity index (χ4v) is 4.00. The van der Waals surface area contributed by atoms with Crippen molar-refractivity contribution in [3.05, 3.63) is 88.9 Å². The van der Waals surface area contributed by atoms with Gasteiger partial charge in [0, 0.05) is 29.1 Å². The Hall–Kier alpha value is -3.54. The maximum Gasteiger partial charge on any atom is 0.162 e. The monoisotopic (exact) mass is 387 g/mol. The summed E-state index contributed by atoms with van der Waals surface area (Å²) in [6.45, 7) is 6.08. The van der Waals surface area contributed by atoms with E-state index in [9.17, 15) is 0 Å². The van der Waals surface area contributed by atoms with E-state index in [0.717, 1.165) is 44.8 Å². The number of nitrogens with two attached hydrogens (primary N) is 1. The van der Waals surface area contributed by atoms with Gasteiger partial charge in [0.2, 0.25) is 0 Å². The van der Waals surface area contributed by atoms with Gasteiger partial charge in [-0.05, 0) is 55.7 Å². The summed E-state index contributed by atoms with van der Waals surface area (Å²) in [6.07, 6.45) is 5.16. The van der Waals surface area contributed by atoms with E-state index < -0.39 is 5.66 Å². The Morgan fingerprint density at radius 1 is 0.897 bits per heavy atom. The Morgan fingerprint density at radius 3 is 2.17 bits per heavy atom. The second-order valence-electron chi connectivity index (χ2n) is 7.39. The Bertz CT molecular complexity index is 1050. The quantitative estimate of drug-likeness (QED) is 0.637. The zero-order valence-corrected chi connectivity index (χ0v) is 17.1. The van der Waals surface area contributed by atoms with Crippen molar-refractivity contribution < 1.29 is 4.74 Å². The largest absolute Gasteiger partial charge is 0.496 e. The molecule has 0 saturated heterocycles. The highest BCUT2D eigenvalue weighted by atomic mass is 16.5. The van der Waals surface area contributed by atoms with Gasteiger partial charge in [0.1, 0.15) is 17.9 Å². The molecule has 6 nitrogen and oxygen atoms in total. The molecule has 1 aliphatic heterocycles. The van der Waals surface area contributed by atoms with Gasteiger partial charge in [-0.25, -0.2) is 9.97 Å². The van der Waals surface area contributed by atoms with Crippen LogP contribution in [0.25, 0.3) is 11.1 Å². The van der Waals surface area contributed by atoms with Crippen LogP contribution in [0.2, 0.25) is 0 Å². The SMILES string of the molecule is COc1c(C)cc([C@@]2(c3cccc(-c4cncnc4)c3)NC(C)=C(N)N2)cc1C. The third kappa shape index (κ3) is 3.16. The molecular formula is C23H25N5O. The summed E-state index contributed by atoms with van der Waals surface area (Å²) in [4.78, 5) is 8.29. The highest BCUT2D eigenvalue weighted by molar-refractivity contribution is 5.64. The van der Waals surface area contributed by atoms with Crippen molar-refractivity contribution in [3.63, 3.8) is 0 Å². The molecule has 3 aromatic rings. The number of hydrogen-bond donors (Lipinski definition) is 3. The number of nitrogens with one attached hydrogen (secondary N) is 2. The van der Waals surface area contributed by atoms with E-state index >= 15 is 0 Å². The summed E-state index contributed by atoms with van der Waals surface area (Å²) >= 11 is 0. The van der Waals surface area contributed by atoms with Crippen LogP contribution in [-0.4, -0.2) is 17.1 Å². The Morgan fingerprint density at radius 2 is 1.59 bits per heavy atom. The minimum atomic E-state index is -0.679. The summed E-state index contributed by atoms with van der Waals surface area (Å²) in [5.41, 5.74) is 12.7. The van der Waals surface area contributed by atoms with E-state index in [1.54, 1.807) is 7.11 Å². The van der Waals surface area contributed by atoms with Gasteiger partial charge in [0.15, 0.2) is 5.66 Å². The third-order valence-electron chi connectivity index (χ3n) is 5.39. The maximum atomic E-state index is 6.27. The number of nitrogens with zero attached hydrogens (tertiary/aromatic N) is 2. The number of ether oxygens (including phenoxy) is 1. The Balaban J connectivity index is 1.89. The first-order valence-electron chi connectivity index (χ1n) is 9.49. The molecule has 0 unspecified atom stereocenters. The van der Waals surface area contributed by atoms with E-state index in [0.29, 0.717) is 5.82 Å². The Kier molecular flexibility index (Phi) is 4.62. The summed E-state index contributed by atoms with van der Waals surface area (Å²) in [7, 11) is 1.70. The average molecular weight is 387 g/mol. The first kappa shape index (κ1) is 18.8. The second kappa shape index (κ2) is 7.13. The lowest BCUT2D eigenvalue weighted by Gasteiger charge is -2.34. The highest BCUT2D eigenvalue weighted by Crippen LogP contribution is 2.37. The van der Waals surface area contributed by atoms with Gasteiger partial charge < -0.3 is 21.1 Å². The lowest BCUT2D eigenvalue weighted by molar-refractivity contribution is 0.402. The van der Waals surface area contributed by atoms with Crippen LogP contribution in [0, 0.1) is 13.8 Å². The van der Waals surface area contributed by atoms with Gasteiger partial charge in [-0.2, -0.15) is 0 Å². The van der Waals surface area contributed by atoms with Crippen molar-refractivity contribution in [2.24, 2.45) is 5.73 Å². The number of methoxy groups -OCH3 is 1. The lowest BCUT2D eigenvalue weighted by Crippen LogP contribution is -2.49. The van der Waals surface area contributed by atoms with Crippen LogP contribution in [0.3, 0.4) is 0 Å². The fourth-order valence-electron chi connectivity index (χ4n) is 4.00. The fraction of sp³-hybridized carbons (Fsp3) is 0.217. The number of rotatable bonds is 4. The molecule has 1 aliphatic rings. The standard InChI is InChI=1S/C23H25N5O/c1-14-8-20(9-15(2)21(14)29-4)23(27-16(3)22(24)28-23)19-7-5-6-17(10-19)18-11-25-13-26-12-18/h5-13,27-28H,24H2,1-4H3/t23-/m0/s1. The van der Waals surface area contributed by atoms with Gasteiger partial charge in [0.25, 0.3) is 0 Å². The molecule has 0 amide bonds. The van der Waals surface area contributed by atoms with E-state index in [-0.39, 0.29) is 0 Å².